The molecule has 0 aromatic heterocycles. The Morgan fingerprint density at radius 1 is 1.32 bits per heavy atom. The lowest BCUT2D eigenvalue weighted by atomic mass is 9.65. The summed E-state index contributed by atoms with van der Waals surface area (Å²) in [7, 11) is 0. The summed E-state index contributed by atoms with van der Waals surface area (Å²) in [6.45, 7) is 0. The van der Waals surface area contributed by atoms with E-state index < -0.39 is 5.54 Å². The van der Waals surface area contributed by atoms with Crippen molar-refractivity contribution in [2.75, 3.05) is 5.32 Å². The van der Waals surface area contributed by atoms with Crippen molar-refractivity contribution in [3.8, 4) is 6.07 Å². The molecule has 4 nitrogen and oxygen atoms in total. The molecule has 2 atom stereocenters. The van der Waals surface area contributed by atoms with Gasteiger partial charge < -0.3 is 10.6 Å². The van der Waals surface area contributed by atoms with Crippen LogP contribution < -0.4 is 10.6 Å². The molecule has 1 aliphatic carbocycles. The molecule has 0 radical (unpaired) electrons. The maximum atomic E-state index is 12.9. The Balaban J connectivity index is 1.97. The van der Waals surface area contributed by atoms with Crippen LogP contribution in [0.5, 0.6) is 0 Å². The Morgan fingerprint density at radius 3 is 2.95 bits per heavy atom. The number of nitriles is 1. The first-order valence-corrected chi connectivity index (χ1v) is 7.96. The summed E-state index contributed by atoms with van der Waals surface area (Å²) >= 11 is 5.41. The SMILES string of the molecule is N#CC1=C2CCCC[C@@H]2[C@]2(NC1=S)C(=O)Nc1ccccc12. The molecule has 4 rings (SSSR count). The number of fused-ring (bicyclic) bond motifs is 4. The van der Waals surface area contributed by atoms with Crippen molar-refractivity contribution in [3.63, 3.8) is 0 Å². The second kappa shape index (κ2) is 4.65. The van der Waals surface area contributed by atoms with E-state index in [2.05, 4.69) is 16.7 Å². The van der Waals surface area contributed by atoms with Crippen LogP contribution in [-0.4, -0.2) is 10.9 Å². The number of amides is 1. The number of carbonyl (C=O) groups excluding carboxylic acids is 1. The van der Waals surface area contributed by atoms with Gasteiger partial charge in [-0.3, -0.25) is 4.79 Å². The zero-order valence-corrected chi connectivity index (χ0v) is 12.8. The molecule has 0 unspecified atom stereocenters. The van der Waals surface area contributed by atoms with E-state index in [0.717, 1.165) is 42.5 Å². The van der Waals surface area contributed by atoms with Crippen molar-refractivity contribution in [3.05, 3.63) is 41.0 Å². The van der Waals surface area contributed by atoms with Gasteiger partial charge in [-0.1, -0.05) is 36.8 Å². The smallest absolute Gasteiger partial charge is 0.255 e. The molecular weight excluding hydrogens is 294 g/mol. The summed E-state index contributed by atoms with van der Waals surface area (Å²) in [6.07, 6.45) is 3.88. The first-order valence-electron chi connectivity index (χ1n) is 7.55. The zero-order chi connectivity index (χ0) is 15.3. The topological polar surface area (TPSA) is 64.9 Å². The fraction of sp³-hybridized carbons (Fsp3) is 0.353. The van der Waals surface area contributed by atoms with Gasteiger partial charge in [-0.25, -0.2) is 0 Å². The Kier molecular flexibility index (Phi) is 2.85. The molecule has 2 aliphatic heterocycles. The van der Waals surface area contributed by atoms with Crippen molar-refractivity contribution in [1.82, 2.24) is 5.32 Å². The van der Waals surface area contributed by atoms with Crippen LogP contribution in [-0.2, 0) is 10.3 Å². The van der Waals surface area contributed by atoms with Crippen molar-refractivity contribution in [1.29, 1.82) is 5.26 Å². The van der Waals surface area contributed by atoms with Crippen LogP contribution in [0.15, 0.2) is 35.4 Å². The van der Waals surface area contributed by atoms with Crippen LogP contribution >= 0.6 is 12.2 Å². The van der Waals surface area contributed by atoms with E-state index >= 15 is 0 Å². The molecule has 1 aromatic rings. The molecule has 3 aliphatic rings. The number of nitrogens with one attached hydrogen (secondary N) is 2. The number of nitrogens with zero attached hydrogens (tertiary/aromatic N) is 1. The minimum absolute atomic E-state index is 0.00579. The summed E-state index contributed by atoms with van der Waals surface area (Å²) < 4.78 is 0. The second-order valence-electron chi connectivity index (χ2n) is 6.07. The number of benzene rings is 1. The Labute approximate surface area is 134 Å². The lowest BCUT2D eigenvalue weighted by Gasteiger charge is -2.44. The highest BCUT2D eigenvalue weighted by Crippen LogP contribution is 2.51. The van der Waals surface area contributed by atoms with Crippen LogP contribution in [0.3, 0.4) is 0 Å². The van der Waals surface area contributed by atoms with Crippen molar-refractivity contribution in [2.24, 2.45) is 5.92 Å². The van der Waals surface area contributed by atoms with Crippen LogP contribution in [0.1, 0.15) is 31.2 Å². The quantitative estimate of drug-likeness (QED) is 0.723. The maximum Gasteiger partial charge on any atom is 0.255 e. The summed E-state index contributed by atoms with van der Waals surface area (Å²) in [5.41, 5.74) is 2.58. The zero-order valence-electron chi connectivity index (χ0n) is 12.0. The van der Waals surface area contributed by atoms with Gasteiger partial charge in [0.05, 0.1) is 5.57 Å². The van der Waals surface area contributed by atoms with E-state index in [9.17, 15) is 10.1 Å². The highest BCUT2D eigenvalue weighted by atomic mass is 32.1. The predicted octanol–water partition coefficient (Wildman–Crippen LogP) is 2.77. The van der Waals surface area contributed by atoms with Gasteiger partial charge in [0, 0.05) is 17.2 Å². The van der Waals surface area contributed by atoms with Crippen LogP contribution in [0, 0.1) is 17.2 Å². The Morgan fingerprint density at radius 2 is 2.14 bits per heavy atom. The van der Waals surface area contributed by atoms with Crippen molar-refractivity contribution >= 4 is 28.8 Å². The molecule has 2 N–H and O–H groups in total. The number of hydrogen-bond acceptors (Lipinski definition) is 3. The van der Waals surface area contributed by atoms with Crippen molar-refractivity contribution < 1.29 is 4.79 Å². The first-order chi connectivity index (χ1) is 10.7. The van der Waals surface area contributed by atoms with Gasteiger partial charge >= 0.3 is 0 Å². The lowest BCUT2D eigenvalue weighted by molar-refractivity contribution is -0.123. The fourth-order valence-corrected chi connectivity index (χ4v) is 4.47. The van der Waals surface area contributed by atoms with Gasteiger partial charge in [-0.2, -0.15) is 5.26 Å². The molecule has 22 heavy (non-hydrogen) atoms. The minimum atomic E-state index is -0.843. The number of hydrogen-bond donors (Lipinski definition) is 2. The van der Waals surface area contributed by atoms with E-state index in [0.29, 0.717) is 10.6 Å². The highest BCUT2D eigenvalue weighted by molar-refractivity contribution is 7.80. The molecule has 1 aromatic carbocycles. The fourth-order valence-electron chi connectivity index (χ4n) is 4.14. The summed E-state index contributed by atoms with van der Waals surface area (Å²) in [5, 5.41) is 15.7. The molecule has 1 spiro atoms. The number of para-hydroxylation sites is 1. The first kappa shape index (κ1) is 13.5. The monoisotopic (exact) mass is 309 g/mol. The van der Waals surface area contributed by atoms with E-state index in [4.69, 9.17) is 12.2 Å². The van der Waals surface area contributed by atoms with Crippen molar-refractivity contribution in [2.45, 2.75) is 31.2 Å². The summed E-state index contributed by atoms with van der Waals surface area (Å²) in [5.74, 6) is -0.0521. The molecule has 110 valence electrons. The van der Waals surface area contributed by atoms with Gasteiger partial charge in [0.25, 0.3) is 5.91 Å². The maximum absolute atomic E-state index is 12.9. The number of rotatable bonds is 0. The molecule has 1 amide bonds. The molecule has 0 bridgehead atoms. The third-order valence-electron chi connectivity index (χ3n) is 5.06. The molecule has 2 heterocycles. The van der Waals surface area contributed by atoms with Gasteiger partial charge in [0.1, 0.15) is 11.1 Å². The van der Waals surface area contributed by atoms with E-state index in [1.165, 1.54) is 0 Å². The van der Waals surface area contributed by atoms with Crippen LogP contribution in [0.4, 0.5) is 5.69 Å². The molecular formula is C17H15N3OS. The van der Waals surface area contributed by atoms with Gasteiger partial charge in [-0.15, -0.1) is 0 Å². The summed E-state index contributed by atoms with van der Waals surface area (Å²) in [6, 6.07) is 9.99. The normalized spacial score (nSPS) is 29.5. The highest BCUT2D eigenvalue weighted by Gasteiger charge is 2.56. The summed E-state index contributed by atoms with van der Waals surface area (Å²) in [4.78, 5) is 13.3. The van der Waals surface area contributed by atoms with Crippen LogP contribution in [0.25, 0.3) is 0 Å². The number of thiocarbonyl (C=S) groups is 1. The van der Waals surface area contributed by atoms with E-state index in [1.807, 2.05) is 24.3 Å². The average Bonchev–Trinajstić information content (AvgIpc) is 2.81. The molecule has 1 fully saturated rings. The third kappa shape index (κ3) is 1.56. The number of anilines is 1. The van der Waals surface area contributed by atoms with Gasteiger partial charge in [0.15, 0.2) is 5.54 Å². The standard InChI is InChI=1S/C17H15N3OS/c18-9-11-10-5-1-2-6-12(10)17(20-15(11)22)13-7-3-4-8-14(13)19-16(17)21/h3-4,7-8,12H,1-2,5-6H2,(H,19,21)(H,20,22)/t12-,17+/m0/s1. The minimum Gasteiger partial charge on any atom is -0.357 e. The molecule has 5 heteroatoms. The van der Waals surface area contributed by atoms with E-state index in [1.54, 1.807) is 0 Å². The van der Waals surface area contributed by atoms with E-state index in [-0.39, 0.29) is 11.8 Å². The molecule has 1 saturated carbocycles. The average molecular weight is 309 g/mol. The third-order valence-corrected chi connectivity index (χ3v) is 5.37. The number of carbonyl (C=O) groups is 1. The van der Waals surface area contributed by atoms with Crippen LogP contribution in [0.2, 0.25) is 0 Å². The van der Waals surface area contributed by atoms with Gasteiger partial charge in [-0.05, 0) is 30.9 Å². The lowest BCUT2D eigenvalue weighted by Crippen LogP contribution is -2.59. The largest absolute Gasteiger partial charge is 0.357 e. The predicted molar refractivity (Wildman–Crippen MR) is 87.1 cm³/mol. The Bertz CT molecular complexity index is 776. The van der Waals surface area contributed by atoms with Gasteiger partial charge in [0.2, 0.25) is 0 Å². The molecule has 0 saturated heterocycles. The second-order valence-corrected chi connectivity index (χ2v) is 6.48. The Hall–Kier alpha value is -2.19.